The lowest BCUT2D eigenvalue weighted by atomic mass is 10.0. The predicted molar refractivity (Wildman–Crippen MR) is 114 cm³/mol. The van der Waals surface area contributed by atoms with E-state index in [0.717, 1.165) is 23.5 Å². The highest BCUT2D eigenvalue weighted by molar-refractivity contribution is 5.94. The summed E-state index contributed by atoms with van der Waals surface area (Å²) in [5, 5.41) is 3.97. The van der Waals surface area contributed by atoms with Gasteiger partial charge in [0.25, 0.3) is 5.91 Å². The molecule has 0 radical (unpaired) electrons. The first-order valence-corrected chi connectivity index (χ1v) is 10.5. The van der Waals surface area contributed by atoms with Gasteiger partial charge in [0, 0.05) is 17.5 Å². The quantitative estimate of drug-likeness (QED) is 0.449. The van der Waals surface area contributed by atoms with E-state index in [2.05, 4.69) is 24.8 Å². The number of methoxy groups -OCH3 is 1. The van der Waals surface area contributed by atoms with Crippen molar-refractivity contribution in [3.8, 4) is 22.9 Å². The van der Waals surface area contributed by atoms with Gasteiger partial charge >= 0.3 is 6.36 Å². The van der Waals surface area contributed by atoms with Crippen LogP contribution >= 0.6 is 0 Å². The monoisotopic (exact) mass is 485 g/mol. The molecule has 0 bridgehead atoms. The molecule has 1 N–H and O–H groups in total. The lowest BCUT2D eigenvalue weighted by Gasteiger charge is -2.32. The van der Waals surface area contributed by atoms with E-state index in [0.29, 0.717) is 23.3 Å². The van der Waals surface area contributed by atoms with E-state index >= 15 is 0 Å². The number of amides is 1. The minimum Gasteiger partial charge on any atom is -0.497 e. The zero-order valence-electron chi connectivity index (χ0n) is 18.2. The number of aromatic amines is 1. The highest BCUT2D eigenvalue weighted by Gasteiger charge is 2.36. The predicted octanol–water partition coefficient (Wildman–Crippen LogP) is 4.31. The lowest BCUT2D eigenvalue weighted by molar-refractivity contribution is -0.274. The standard InChI is InChI=1S/C23H18F3N5O4/c1-33-15-6-4-14(5-7-15)22(32)31-11-18-17(27-12-28-18)10-19(31)21-29-20(30-35-21)13-2-8-16(9-3-13)34-23(24,25)26/h2-9,12,19H,10-11H2,1H3,(H,27,28)/t19-/m0/s1. The molecule has 1 aliphatic rings. The van der Waals surface area contributed by atoms with Crippen LogP contribution in [0.25, 0.3) is 11.4 Å². The molecule has 180 valence electrons. The second kappa shape index (κ2) is 8.78. The van der Waals surface area contributed by atoms with Crippen molar-refractivity contribution in [2.75, 3.05) is 7.11 Å². The van der Waals surface area contributed by atoms with Gasteiger partial charge in [-0.3, -0.25) is 4.79 Å². The fraction of sp³-hybridized carbons (Fsp3) is 0.217. The van der Waals surface area contributed by atoms with Crippen LogP contribution in [0.1, 0.15) is 33.7 Å². The molecule has 2 aromatic heterocycles. The van der Waals surface area contributed by atoms with Crippen LogP contribution < -0.4 is 9.47 Å². The van der Waals surface area contributed by atoms with Crippen molar-refractivity contribution in [2.24, 2.45) is 0 Å². The minimum absolute atomic E-state index is 0.170. The Kier molecular flexibility index (Phi) is 5.63. The molecule has 12 heteroatoms. The highest BCUT2D eigenvalue weighted by Crippen LogP contribution is 2.34. The van der Waals surface area contributed by atoms with Crippen molar-refractivity contribution in [3.05, 3.63) is 77.7 Å². The first-order valence-electron chi connectivity index (χ1n) is 10.5. The van der Waals surface area contributed by atoms with Gasteiger partial charge in [-0.25, -0.2) is 4.98 Å². The Morgan fingerprint density at radius 1 is 1.11 bits per heavy atom. The number of hydrogen-bond acceptors (Lipinski definition) is 7. The van der Waals surface area contributed by atoms with E-state index < -0.39 is 12.4 Å². The maximum Gasteiger partial charge on any atom is 0.573 e. The second-order valence-electron chi connectivity index (χ2n) is 7.74. The second-order valence-corrected chi connectivity index (χ2v) is 7.74. The van der Waals surface area contributed by atoms with E-state index in [-0.39, 0.29) is 29.9 Å². The summed E-state index contributed by atoms with van der Waals surface area (Å²) in [6.07, 6.45) is -2.87. The van der Waals surface area contributed by atoms with E-state index in [1.165, 1.54) is 12.1 Å². The van der Waals surface area contributed by atoms with Crippen LogP contribution in [0.5, 0.6) is 11.5 Å². The maximum atomic E-state index is 13.4. The van der Waals surface area contributed by atoms with Crippen LogP contribution in [0.15, 0.2) is 59.4 Å². The number of rotatable bonds is 5. The zero-order valence-corrected chi connectivity index (χ0v) is 18.2. The smallest absolute Gasteiger partial charge is 0.497 e. The third-order valence-corrected chi connectivity index (χ3v) is 5.57. The molecular weight excluding hydrogens is 467 g/mol. The van der Waals surface area contributed by atoms with Gasteiger partial charge in [-0.15, -0.1) is 13.2 Å². The summed E-state index contributed by atoms with van der Waals surface area (Å²) in [5.74, 6) is 0.376. The molecule has 1 amide bonds. The third kappa shape index (κ3) is 4.67. The van der Waals surface area contributed by atoms with Crippen LogP contribution in [-0.2, 0) is 13.0 Å². The van der Waals surface area contributed by atoms with Gasteiger partial charge in [0.15, 0.2) is 0 Å². The number of carbonyl (C=O) groups is 1. The van der Waals surface area contributed by atoms with Crippen molar-refractivity contribution in [2.45, 2.75) is 25.4 Å². The van der Waals surface area contributed by atoms with Crippen molar-refractivity contribution in [3.63, 3.8) is 0 Å². The van der Waals surface area contributed by atoms with Gasteiger partial charge in [-0.2, -0.15) is 4.98 Å². The summed E-state index contributed by atoms with van der Waals surface area (Å²) >= 11 is 0. The summed E-state index contributed by atoms with van der Waals surface area (Å²) in [7, 11) is 1.54. The summed E-state index contributed by atoms with van der Waals surface area (Å²) in [6.45, 7) is 0.256. The van der Waals surface area contributed by atoms with E-state index in [9.17, 15) is 18.0 Å². The van der Waals surface area contributed by atoms with Gasteiger partial charge in [0.1, 0.15) is 17.5 Å². The molecule has 1 atom stereocenters. The van der Waals surface area contributed by atoms with Gasteiger partial charge in [-0.05, 0) is 48.5 Å². The van der Waals surface area contributed by atoms with Crippen molar-refractivity contribution >= 4 is 5.91 Å². The molecule has 0 saturated heterocycles. The molecule has 5 rings (SSSR count). The largest absolute Gasteiger partial charge is 0.573 e. The number of nitrogens with one attached hydrogen (secondary N) is 1. The van der Waals surface area contributed by atoms with Gasteiger partial charge < -0.3 is 23.9 Å². The SMILES string of the molecule is COc1ccc(C(=O)N2Cc3[nH]cnc3C[C@H]2c2nc(-c3ccc(OC(F)(F)F)cc3)no2)cc1. The molecule has 4 aromatic rings. The lowest BCUT2D eigenvalue weighted by Crippen LogP contribution is -2.39. The number of fused-ring (bicyclic) bond motifs is 1. The summed E-state index contributed by atoms with van der Waals surface area (Å²) in [4.78, 5) is 26.8. The molecule has 0 unspecified atom stereocenters. The highest BCUT2D eigenvalue weighted by atomic mass is 19.4. The Morgan fingerprint density at radius 2 is 1.83 bits per heavy atom. The van der Waals surface area contributed by atoms with Crippen LogP contribution in [-0.4, -0.2) is 44.4 Å². The molecule has 0 fully saturated rings. The molecule has 1 aliphatic heterocycles. The Bertz CT molecular complexity index is 1330. The number of ether oxygens (including phenoxy) is 2. The van der Waals surface area contributed by atoms with Crippen molar-refractivity contribution in [1.29, 1.82) is 0 Å². The fourth-order valence-electron chi connectivity index (χ4n) is 3.86. The van der Waals surface area contributed by atoms with Gasteiger partial charge in [0.05, 0.1) is 31.4 Å². The van der Waals surface area contributed by atoms with Gasteiger partial charge in [0.2, 0.25) is 11.7 Å². The summed E-state index contributed by atoms with van der Waals surface area (Å²) < 4.78 is 51.8. The van der Waals surface area contributed by atoms with Crippen LogP contribution in [0, 0.1) is 0 Å². The summed E-state index contributed by atoms with van der Waals surface area (Å²) in [6, 6.07) is 11.3. The molecule has 0 spiro atoms. The van der Waals surface area contributed by atoms with Gasteiger partial charge in [-0.1, -0.05) is 5.16 Å². The number of nitrogens with zero attached hydrogens (tertiary/aromatic N) is 4. The number of benzene rings is 2. The minimum atomic E-state index is -4.78. The molecular formula is C23H18F3N5O4. The number of imidazole rings is 1. The number of alkyl halides is 3. The first kappa shape index (κ1) is 22.4. The third-order valence-electron chi connectivity index (χ3n) is 5.57. The number of halogens is 3. The Hall–Kier alpha value is -4.35. The Labute approximate surface area is 196 Å². The molecule has 2 aromatic carbocycles. The molecule has 3 heterocycles. The number of hydrogen-bond donors (Lipinski definition) is 1. The maximum absolute atomic E-state index is 13.4. The fourth-order valence-corrected chi connectivity index (χ4v) is 3.86. The average molecular weight is 485 g/mol. The zero-order chi connectivity index (χ0) is 24.6. The number of H-pyrrole nitrogens is 1. The van der Waals surface area contributed by atoms with Crippen LogP contribution in [0.4, 0.5) is 13.2 Å². The van der Waals surface area contributed by atoms with Crippen molar-refractivity contribution < 1.29 is 32.0 Å². The topological polar surface area (TPSA) is 106 Å². The first-order chi connectivity index (χ1) is 16.8. The molecule has 0 aliphatic carbocycles. The summed E-state index contributed by atoms with van der Waals surface area (Å²) in [5.41, 5.74) is 2.47. The number of aromatic nitrogens is 4. The van der Waals surface area contributed by atoms with E-state index in [4.69, 9.17) is 9.26 Å². The molecule has 0 saturated carbocycles. The van der Waals surface area contributed by atoms with E-state index in [1.807, 2.05) is 0 Å². The number of carbonyl (C=O) groups excluding carboxylic acids is 1. The molecule has 9 nitrogen and oxygen atoms in total. The van der Waals surface area contributed by atoms with Crippen LogP contribution in [0.3, 0.4) is 0 Å². The van der Waals surface area contributed by atoms with E-state index in [1.54, 1.807) is 42.6 Å². The Balaban J connectivity index is 1.42. The normalized spacial score (nSPS) is 15.5. The molecule has 35 heavy (non-hydrogen) atoms. The van der Waals surface area contributed by atoms with Crippen molar-refractivity contribution in [1.82, 2.24) is 25.0 Å². The van der Waals surface area contributed by atoms with Crippen LogP contribution in [0.2, 0.25) is 0 Å². The Morgan fingerprint density at radius 3 is 2.51 bits per heavy atom. The average Bonchev–Trinajstić information content (AvgIpc) is 3.52.